The topological polar surface area (TPSA) is 106 Å². The Morgan fingerprint density at radius 2 is 1.21 bits per heavy atom. The van der Waals surface area contributed by atoms with Gasteiger partial charge >= 0.3 is 0 Å². The molecule has 42 heavy (non-hydrogen) atoms. The van der Waals surface area contributed by atoms with Crippen LogP contribution >= 0.6 is 0 Å². The zero-order chi connectivity index (χ0) is 30.1. The molecule has 5 rings (SSSR count). The maximum Gasteiger partial charge on any atom is 0.243 e. The van der Waals surface area contributed by atoms with Crippen molar-refractivity contribution in [1.82, 2.24) is 8.61 Å². The molecule has 0 radical (unpaired) electrons. The summed E-state index contributed by atoms with van der Waals surface area (Å²) in [5.74, 6) is 1.71. The van der Waals surface area contributed by atoms with Gasteiger partial charge in [-0.05, 0) is 72.0 Å². The van der Waals surface area contributed by atoms with E-state index in [2.05, 4.69) is 0 Å². The minimum atomic E-state index is -3.83. The summed E-state index contributed by atoms with van der Waals surface area (Å²) in [5.41, 5.74) is 3.60. The smallest absolute Gasteiger partial charge is 0.243 e. The highest BCUT2D eigenvalue weighted by atomic mass is 32.2. The van der Waals surface area contributed by atoms with Gasteiger partial charge in [0.25, 0.3) is 0 Å². The molecule has 2 heterocycles. The van der Waals surface area contributed by atoms with Gasteiger partial charge in [0.1, 0.15) is 5.75 Å². The lowest BCUT2D eigenvalue weighted by atomic mass is 10.0. The second kappa shape index (κ2) is 12.1. The van der Waals surface area contributed by atoms with Gasteiger partial charge in [0.05, 0.1) is 36.8 Å². The van der Waals surface area contributed by atoms with Crippen LogP contribution in [0.5, 0.6) is 17.2 Å². The first-order valence-electron chi connectivity index (χ1n) is 13.9. The van der Waals surface area contributed by atoms with Crippen LogP contribution in [-0.2, 0) is 39.4 Å². The molecule has 0 spiro atoms. The lowest BCUT2D eigenvalue weighted by Gasteiger charge is -2.36. The van der Waals surface area contributed by atoms with Crippen LogP contribution in [0.4, 0.5) is 5.69 Å². The molecule has 0 aromatic heterocycles. The summed E-state index contributed by atoms with van der Waals surface area (Å²) in [6.45, 7) is 3.91. The van der Waals surface area contributed by atoms with Crippen molar-refractivity contribution in [1.29, 1.82) is 0 Å². The monoisotopic (exact) mass is 615 g/mol. The van der Waals surface area contributed by atoms with Crippen molar-refractivity contribution in [3.63, 3.8) is 0 Å². The van der Waals surface area contributed by atoms with Gasteiger partial charge in [0.2, 0.25) is 20.0 Å². The number of ether oxygens (including phenoxy) is 3. The summed E-state index contributed by atoms with van der Waals surface area (Å²) in [4.78, 5) is 2.42. The number of rotatable bonds is 9. The summed E-state index contributed by atoms with van der Waals surface area (Å²) in [6.07, 6.45) is 1.39. The third-order valence-corrected chi connectivity index (χ3v) is 11.8. The van der Waals surface area contributed by atoms with Crippen LogP contribution in [0.3, 0.4) is 0 Å². The Hall–Kier alpha value is -3.32. The summed E-state index contributed by atoms with van der Waals surface area (Å²) in [6, 6.07) is 15.6. The molecule has 2 aliphatic rings. The van der Waals surface area contributed by atoms with Crippen molar-refractivity contribution < 1.29 is 31.0 Å². The first-order chi connectivity index (χ1) is 20.1. The second-order valence-corrected chi connectivity index (χ2v) is 14.2. The van der Waals surface area contributed by atoms with Crippen LogP contribution in [0.25, 0.3) is 0 Å². The Kier molecular flexibility index (Phi) is 8.70. The van der Waals surface area contributed by atoms with E-state index < -0.39 is 20.0 Å². The molecule has 0 bridgehead atoms. The molecule has 0 saturated carbocycles. The van der Waals surface area contributed by atoms with Gasteiger partial charge < -0.3 is 19.1 Å². The lowest BCUT2D eigenvalue weighted by molar-refractivity contribution is 0.348. The quantitative estimate of drug-likeness (QED) is 0.360. The molecule has 1 fully saturated rings. The molecular formula is C30H37N3O7S2. The van der Waals surface area contributed by atoms with Crippen LogP contribution in [0.2, 0.25) is 0 Å². The van der Waals surface area contributed by atoms with E-state index in [9.17, 15) is 16.8 Å². The van der Waals surface area contributed by atoms with Crippen molar-refractivity contribution >= 4 is 25.7 Å². The molecule has 0 aliphatic carbocycles. The molecule has 12 heteroatoms. The van der Waals surface area contributed by atoms with Crippen molar-refractivity contribution in [2.24, 2.45) is 0 Å². The average molecular weight is 616 g/mol. The standard InChI is InChI=1S/C30H37N3O7S2/c1-5-22-6-8-25(9-7-22)41(34,35)32-16-14-31(15-17-32)27-20-26(10-11-28(27)38-2)42(36,37)33-13-12-23-18-29(39-3)30(40-4)19-24(23)21-33/h6-11,18-20H,5,12-17,21H2,1-4H3. The van der Waals surface area contributed by atoms with Crippen molar-refractivity contribution in [2.75, 3.05) is 59.0 Å². The maximum atomic E-state index is 13.8. The molecule has 0 N–H and O–H groups in total. The number of benzene rings is 3. The highest BCUT2D eigenvalue weighted by molar-refractivity contribution is 7.89. The van der Waals surface area contributed by atoms with Crippen LogP contribution < -0.4 is 19.1 Å². The molecule has 3 aromatic carbocycles. The Bertz CT molecular complexity index is 1650. The zero-order valence-electron chi connectivity index (χ0n) is 24.4. The van der Waals surface area contributed by atoms with E-state index in [1.54, 1.807) is 44.6 Å². The van der Waals surface area contributed by atoms with E-state index in [4.69, 9.17) is 14.2 Å². The number of anilines is 1. The van der Waals surface area contributed by atoms with E-state index in [-0.39, 0.29) is 29.4 Å². The van der Waals surface area contributed by atoms with Crippen LogP contribution in [0.1, 0.15) is 23.6 Å². The number of nitrogens with zero attached hydrogens (tertiary/aromatic N) is 3. The molecule has 3 aromatic rings. The molecule has 2 aliphatic heterocycles. The SMILES string of the molecule is CCc1ccc(S(=O)(=O)N2CCN(c3cc(S(=O)(=O)N4CCc5cc(OC)c(OC)cc5C4)ccc3OC)CC2)cc1. The van der Waals surface area contributed by atoms with Gasteiger partial charge in [-0.2, -0.15) is 8.61 Å². The number of methoxy groups -OCH3 is 3. The number of hydrogen-bond acceptors (Lipinski definition) is 8. The van der Waals surface area contributed by atoms with Crippen LogP contribution in [0.15, 0.2) is 64.4 Å². The minimum Gasteiger partial charge on any atom is -0.495 e. The zero-order valence-corrected chi connectivity index (χ0v) is 26.0. The molecule has 1 saturated heterocycles. The normalized spacial score (nSPS) is 16.6. The average Bonchev–Trinajstić information content (AvgIpc) is 3.03. The third kappa shape index (κ3) is 5.68. The van der Waals surface area contributed by atoms with Gasteiger partial charge in [-0.1, -0.05) is 19.1 Å². The van der Waals surface area contributed by atoms with Crippen molar-refractivity contribution in [3.05, 3.63) is 71.3 Å². The van der Waals surface area contributed by atoms with Gasteiger partial charge in [-0.3, -0.25) is 0 Å². The Morgan fingerprint density at radius 1 is 0.643 bits per heavy atom. The fourth-order valence-corrected chi connectivity index (χ4v) is 8.37. The largest absolute Gasteiger partial charge is 0.495 e. The van der Waals surface area contributed by atoms with Crippen LogP contribution in [0, 0.1) is 0 Å². The van der Waals surface area contributed by atoms with Crippen molar-refractivity contribution in [2.45, 2.75) is 36.1 Å². The molecule has 0 unspecified atom stereocenters. The van der Waals surface area contributed by atoms with Gasteiger partial charge in [0.15, 0.2) is 11.5 Å². The number of aryl methyl sites for hydroxylation is 1. The van der Waals surface area contributed by atoms with E-state index in [1.807, 2.05) is 36.1 Å². The first kappa shape index (κ1) is 30.1. The van der Waals surface area contributed by atoms with Gasteiger partial charge in [0, 0.05) is 39.3 Å². The fourth-order valence-electron chi connectivity index (χ4n) is 5.50. The van der Waals surface area contributed by atoms with E-state index in [1.165, 1.54) is 15.7 Å². The molecule has 226 valence electrons. The van der Waals surface area contributed by atoms with Gasteiger partial charge in [-0.25, -0.2) is 16.8 Å². The predicted octanol–water partition coefficient (Wildman–Crippen LogP) is 3.53. The van der Waals surface area contributed by atoms with E-state index in [0.717, 1.165) is 23.1 Å². The molecule has 10 nitrogen and oxygen atoms in total. The van der Waals surface area contributed by atoms with Gasteiger partial charge in [-0.15, -0.1) is 0 Å². The van der Waals surface area contributed by atoms with E-state index >= 15 is 0 Å². The summed E-state index contributed by atoms with van der Waals surface area (Å²) < 4.78 is 73.5. The Balaban J connectivity index is 1.35. The summed E-state index contributed by atoms with van der Waals surface area (Å²) in [5, 5.41) is 0. The summed E-state index contributed by atoms with van der Waals surface area (Å²) in [7, 11) is -2.79. The third-order valence-electron chi connectivity index (χ3n) is 8.02. The number of fused-ring (bicyclic) bond motifs is 1. The number of hydrogen-bond donors (Lipinski definition) is 0. The second-order valence-electron chi connectivity index (χ2n) is 10.3. The van der Waals surface area contributed by atoms with E-state index in [0.29, 0.717) is 49.0 Å². The summed E-state index contributed by atoms with van der Waals surface area (Å²) >= 11 is 0. The number of piperazine rings is 1. The fraction of sp³-hybridized carbons (Fsp3) is 0.400. The highest BCUT2D eigenvalue weighted by Gasteiger charge is 2.32. The predicted molar refractivity (Wildman–Crippen MR) is 161 cm³/mol. The maximum absolute atomic E-state index is 13.8. The molecule has 0 amide bonds. The van der Waals surface area contributed by atoms with Crippen LogP contribution in [-0.4, -0.2) is 79.5 Å². The number of sulfonamides is 2. The lowest BCUT2D eigenvalue weighted by Crippen LogP contribution is -2.48. The molecular weight excluding hydrogens is 578 g/mol. The minimum absolute atomic E-state index is 0.160. The Labute approximate surface area is 248 Å². The Morgan fingerprint density at radius 3 is 1.81 bits per heavy atom. The highest BCUT2D eigenvalue weighted by Crippen LogP contribution is 2.37. The first-order valence-corrected chi connectivity index (χ1v) is 16.8. The molecule has 0 atom stereocenters. The van der Waals surface area contributed by atoms with Crippen molar-refractivity contribution in [3.8, 4) is 17.2 Å².